The van der Waals surface area contributed by atoms with Gasteiger partial charge in [0, 0.05) is 33.4 Å². The molecule has 0 unspecified atom stereocenters. The summed E-state index contributed by atoms with van der Waals surface area (Å²) < 4.78 is 0. The van der Waals surface area contributed by atoms with Crippen LogP contribution in [0.4, 0.5) is 0 Å². The van der Waals surface area contributed by atoms with Crippen LogP contribution in [0.5, 0.6) is 0 Å². The first-order valence-electron chi connectivity index (χ1n) is 23.6. The monoisotopic (exact) mass is 869 g/mol. The molecular weight excluding hydrogens is 805 g/mol. The van der Waals surface area contributed by atoms with Gasteiger partial charge in [-0.05, 0) is 115 Å². The Morgan fingerprint density at radius 1 is 0.284 bits per heavy atom. The van der Waals surface area contributed by atoms with Crippen LogP contribution in [0.1, 0.15) is 157 Å². The van der Waals surface area contributed by atoms with Crippen molar-refractivity contribution in [2.75, 3.05) is 0 Å². The first kappa shape index (κ1) is 51.8. The third-order valence-electron chi connectivity index (χ3n) is 10.1. The molecule has 1 aliphatic rings. The Bertz CT molecular complexity index is 2900. The molecule has 0 bridgehead atoms. The molecule has 0 aromatic heterocycles. The number of hydrogen-bond acceptors (Lipinski definition) is 0. The summed E-state index contributed by atoms with van der Waals surface area (Å²) in [6.07, 6.45) is 7.36. The fourth-order valence-electron chi connectivity index (χ4n) is 6.35. The molecule has 0 heteroatoms. The lowest BCUT2D eigenvalue weighted by Crippen LogP contribution is -2.05. The predicted octanol–water partition coefficient (Wildman–Crippen LogP) is 15.7. The Morgan fingerprint density at radius 2 is 0.493 bits per heavy atom. The smallest absolute Gasteiger partial charge is 0.0588 e. The van der Waals surface area contributed by atoms with Crippen molar-refractivity contribution in [3.8, 4) is 71.0 Å². The minimum absolute atomic E-state index is 0.664. The summed E-state index contributed by atoms with van der Waals surface area (Å²) in [5.41, 5.74) is 16.7. The van der Waals surface area contributed by atoms with Crippen molar-refractivity contribution in [3.63, 3.8) is 0 Å². The van der Waals surface area contributed by atoms with Gasteiger partial charge in [0.05, 0.1) is 33.4 Å². The molecule has 0 spiro atoms. The molecule has 0 atom stereocenters. The quantitative estimate of drug-likeness (QED) is 0.133. The Kier molecular flexibility index (Phi) is 21.2. The molecule has 332 valence electrons. The van der Waals surface area contributed by atoms with E-state index < -0.39 is 0 Å². The average molecular weight is 869 g/mol. The van der Waals surface area contributed by atoms with Crippen molar-refractivity contribution in [2.45, 2.75) is 102 Å². The molecule has 67 heavy (non-hydrogen) atoms. The molecule has 0 amide bonds. The molecule has 1 aliphatic carbocycles. The van der Waals surface area contributed by atoms with Gasteiger partial charge in [-0.1, -0.05) is 225 Å². The first-order valence-corrected chi connectivity index (χ1v) is 23.6. The normalized spacial score (nSPS) is 10.4. The van der Waals surface area contributed by atoms with E-state index in [0.29, 0.717) is 33.4 Å². The summed E-state index contributed by atoms with van der Waals surface area (Å²) in [7, 11) is 0. The SMILES string of the molecule is CC.CC.CC1=CC=C(C#Cc2c(C#Cc3ccc(C)cc3)c(C#Cc3ccc(C)cc3)c(C#Cc3ccc(C)cc3)c(C#Cc3ccc(C)cc3)c2C#Cc2ccc(C)cc2)CC1.CCC. The molecule has 0 radical (unpaired) electrons. The Balaban J connectivity index is 0.00000133. The van der Waals surface area contributed by atoms with Gasteiger partial charge in [-0.2, -0.15) is 0 Å². The molecule has 0 aliphatic heterocycles. The van der Waals surface area contributed by atoms with Crippen LogP contribution >= 0.6 is 0 Å². The van der Waals surface area contributed by atoms with E-state index >= 15 is 0 Å². The third kappa shape index (κ3) is 16.3. The minimum Gasteiger partial charge on any atom is -0.0729 e. The van der Waals surface area contributed by atoms with Crippen LogP contribution in [-0.4, -0.2) is 0 Å². The van der Waals surface area contributed by atoms with E-state index in [1.165, 1.54) is 39.8 Å². The zero-order valence-electron chi connectivity index (χ0n) is 41.8. The predicted molar refractivity (Wildman–Crippen MR) is 289 cm³/mol. The van der Waals surface area contributed by atoms with Crippen LogP contribution in [0.2, 0.25) is 0 Å². The molecular formula is C67H64. The van der Waals surface area contributed by atoms with Gasteiger partial charge in [0.1, 0.15) is 0 Å². The topological polar surface area (TPSA) is 0 Å². The van der Waals surface area contributed by atoms with E-state index in [4.69, 9.17) is 0 Å². The van der Waals surface area contributed by atoms with Gasteiger partial charge in [0.25, 0.3) is 0 Å². The molecule has 0 nitrogen and oxygen atoms in total. The van der Waals surface area contributed by atoms with Crippen LogP contribution in [0.3, 0.4) is 0 Å². The fraction of sp³-hybridized carbons (Fsp3) is 0.224. The average Bonchev–Trinajstić information content (AvgIpc) is 3.35. The van der Waals surface area contributed by atoms with E-state index in [-0.39, 0.29) is 0 Å². The second-order valence-corrected chi connectivity index (χ2v) is 16.0. The van der Waals surface area contributed by atoms with Crippen molar-refractivity contribution >= 4 is 0 Å². The summed E-state index contributed by atoms with van der Waals surface area (Å²) in [6, 6.07) is 41.2. The fourth-order valence-corrected chi connectivity index (χ4v) is 6.35. The Morgan fingerprint density at radius 3 is 0.687 bits per heavy atom. The maximum absolute atomic E-state index is 3.62. The highest BCUT2D eigenvalue weighted by molar-refractivity contribution is 5.78. The van der Waals surface area contributed by atoms with Crippen molar-refractivity contribution in [3.05, 3.63) is 234 Å². The van der Waals surface area contributed by atoms with Gasteiger partial charge in [-0.15, -0.1) is 0 Å². The minimum atomic E-state index is 0.664. The largest absolute Gasteiger partial charge is 0.0729 e. The van der Waals surface area contributed by atoms with Crippen molar-refractivity contribution < 1.29 is 0 Å². The number of rotatable bonds is 0. The van der Waals surface area contributed by atoms with E-state index in [1.54, 1.807) is 0 Å². The highest BCUT2D eigenvalue weighted by Crippen LogP contribution is 2.29. The summed E-state index contributed by atoms with van der Waals surface area (Å²) in [5.74, 6) is 42.4. The summed E-state index contributed by atoms with van der Waals surface area (Å²) >= 11 is 0. The van der Waals surface area contributed by atoms with Gasteiger partial charge in [-0.25, -0.2) is 0 Å². The molecule has 0 saturated heterocycles. The number of benzene rings is 6. The Hall–Kier alpha value is -7.84. The molecule has 0 fully saturated rings. The zero-order valence-corrected chi connectivity index (χ0v) is 41.8. The number of aryl methyl sites for hydroxylation is 5. The number of hydrogen-bond donors (Lipinski definition) is 0. The summed E-state index contributed by atoms with van der Waals surface area (Å²) in [5, 5.41) is 0. The Labute approximate surface area is 405 Å². The maximum Gasteiger partial charge on any atom is 0.0588 e. The second kappa shape index (κ2) is 27.5. The molecule has 0 saturated carbocycles. The van der Waals surface area contributed by atoms with Gasteiger partial charge < -0.3 is 0 Å². The highest BCUT2D eigenvalue weighted by atomic mass is 14.2. The molecule has 6 aromatic rings. The lowest BCUT2D eigenvalue weighted by atomic mass is 9.86. The van der Waals surface area contributed by atoms with Crippen LogP contribution in [-0.2, 0) is 0 Å². The highest BCUT2D eigenvalue weighted by Gasteiger charge is 2.20. The van der Waals surface area contributed by atoms with Crippen LogP contribution in [0.25, 0.3) is 0 Å². The second-order valence-electron chi connectivity index (χ2n) is 16.0. The van der Waals surface area contributed by atoms with Gasteiger partial charge in [0.15, 0.2) is 0 Å². The maximum atomic E-state index is 3.62. The van der Waals surface area contributed by atoms with E-state index in [1.807, 2.05) is 88.4 Å². The van der Waals surface area contributed by atoms with E-state index in [0.717, 1.165) is 46.2 Å². The van der Waals surface area contributed by atoms with Crippen molar-refractivity contribution in [1.29, 1.82) is 0 Å². The van der Waals surface area contributed by atoms with Crippen LogP contribution in [0, 0.1) is 106 Å². The van der Waals surface area contributed by atoms with E-state index in [9.17, 15) is 0 Å². The summed E-state index contributed by atoms with van der Waals surface area (Å²) in [6.45, 7) is 24.8. The lowest BCUT2D eigenvalue weighted by Gasteiger charge is -2.13. The van der Waals surface area contributed by atoms with Gasteiger partial charge in [0.2, 0.25) is 0 Å². The van der Waals surface area contributed by atoms with Crippen LogP contribution in [0.15, 0.2) is 145 Å². The third-order valence-corrected chi connectivity index (χ3v) is 10.1. The zero-order chi connectivity index (χ0) is 48.6. The van der Waals surface area contributed by atoms with Gasteiger partial charge >= 0.3 is 0 Å². The van der Waals surface area contributed by atoms with Gasteiger partial charge in [-0.3, -0.25) is 0 Å². The molecule has 7 rings (SSSR count). The van der Waals surface area contributed by atoms with Crippen LogP contribution < -0.4 is 0 Å². The van der Waals surface area contributed by atoms with Crippen molar-refractivity contribution in [1.82, 2.24) is 0 Å². The number of allylic oxidation sites excluding steroid dienone is 4. The molecule has 6 aromatic carbocycles. The standard InChI is InChI=1S/C60H44.C3H8.2C2H6/c1-43-7-19-49(20-8-43)31-37-55-56(38-32-50-21-9-44(2)10-22-50)58(40-34-52-25-13-46(4)14-26-52)60(42-36-54-29-17-48(6)18-30-54)59(41-35-53-27-15-47(5)16-28-53)57(55)39-33-51-23-11-45(3)12-24-51;1-3-2;2*1-2/h7-17,19-29H,18,30H2,1-6H3;3H2,1-2H3;2*1-2H3. The first-order chi connectivity index (χ1) is 32.6. The summed E-state index contributed by atoms with van der Waals surface area (Å²) in [4.78, 5) is 0. The molecule has 0 heterocycles. The lowest BCUT2D eigenvalue weighted by molar-refractivity contribution is 0.934. The van der Waals surface area contributed by atoms with E-state index in [2.05, 4.69) is 199 Å². The molecule has 0 N–H and O–H groups in total. The van der Waals surface area contributed by atoms with Crippen molar-refractivity contribution in [2.24, 2.45) is 0 Å².